The van der Waals surface area contributed by atoms with Crippen molar-refractivity contribution in [3.05, 3.63) is 29.6 Å². The average molecular weight is 370 g/mol. The average Bonchev–Trinajstić information content (AvgIpc) is 2.73. The summed E-state index contributed by atoms with van der Waals surface area (Å²) in [4.78, 5) is 4.81. The monoisotopic (exact) mass is 369 g/mol. The summed E-state index contributed by atoms with van der Waals surface area (Å²) in [6.45, 7) is 7.00. The first-order chi connectivity index (χ1) is 13.2. The molecule has 2 aliphatic carbocycles. The molecule has 0 radical (unpaired) electrons. The third-order valence-electron chi connectivity index (χ3n) is 7.90. The van der Waals surface area contributed by atoms with Gasteiger partial charge < -0.3 is 0 Å². The van der Waals surface area contributed by atoms with E-state index in [2.05, 4.69) is 39.1 Å². The highest BCUT2D eigenvalue weighted by molar-refractivity contribution is 5.17. The molecular formula is C26H43N. The lowest BCUT2D eigenvalue weighted by molar-refractivity contribution is 0.136. The quantitative estimate of drug-likeness (QED) is 0.453. The maximum absolute atomic E-state index is 4.81. The van der Waals surface area contributed by atoms with E-state index < -0.39 is 0 Å². The SMILES string of the molecule is CCCC[C@H]1CC[C@H](C2CCC(C(C)c3ccc(CCC)cn3)CC2)CC1. The molecule has 3 rings (SSSR count). The number of hydrogen-bond acceptors (Lipinski definition) is 1. The first kappa shape index (κ1) is 20.9. The Morgan fingerprint density at radius 1 is 0.889 bits per heavy atom. The zero-order valence-corrected chi connectivity index (χ0v) is 18.3. The van der Waals surface area contributed by atoms with Crippen molar-refractivity contribution in [1.29, 1.82) is 0 Å². The lowest BCUT2D eigenvalue weighted by atomic mass is 9.67. The van der Waals surface area contributed by atoms with E-state index in [1.54, 1.807) is 0 Å². The Balaban J connectivity index is 1.43. The van der Waals surface area contributed by atoms with E-state index in [0.717, 1.165) is 30.1 Å². The molecule has 1 aromatic heterocycles. The van der Waals surface area contributed by atoms with Gasteiger partial charge in [0.25, 0.3) is 0 Å². The Morgan fingerprint density at radius 2 is 1.56 bits per heavy atom. The molecule has 0 aromatic carbocycles. The number of hydrogen-bond donors (Lipinski definition) is 0. The number of nitrogens with zero attached hydrogens (tertiary/aromatic N) is 1. The highest BCUT2D eigenvalue weighted by Crippen LogP contribution is 2.44. The summed E-state index contributed by atoms with van der Waals surface area (Å²) < 4.78 is 0. The highest BCUT2D eigenvalue weighted by atomic mass is 14.7. The van der Waals surface area contributed by atoms with Gasteiger partial charge in [-0.15, -0.1) is 0 Å². The van der Waals surface area contributed by atoms with Crippen LogP contribution in [-0.2, 0) is 6.42 Å². The Hall–Kier alpha value is -0.850. The van der Waals surface area contributed by atoms with Crippen LogP contribution in [0, 0.1) is 23.7 Å². The molecule has 0 bridgehead atoms. The van der Waals surface area contributed by atoms with Crippen LogP contribution in [0.3, 0.4) is 0 Å². The molecule has 2 fully saturated rings. The second-order valence-electron chi connectivity index (χ2n) is 9.73. The molecule has 1 unspecified atom stereocenters. The Bertz CT molecular complexity index is 518. The summed E-state index contributed by atoms with van der Waals surface area (Å²) in [6.07, 6.45) is 20.7. The number of unbranched alkanes of at least 4 members (excludes halogenated alkanes) is 1. The molecule has 0 N–H and O–H groups in total. The van der Waals surface area contributed by atoms with Crippen molar-refractivity contribution < 1.29 is 0 Å². The first-order valence-electron chi connectivity index (χ1n) is 12.2. The number of aryl methyl sites for hydroxylation is 1. The van der Waals surface area contributed by atoms with E-state index in [1.165, 1.54) is 88.3 Å². The summed E-state index contributed by atoms with van der Waals surface area (Å²) in [6, 6.07) is 4.62. The fourth-order valence-corrected chi connectivity index (χ4v) is 5.94. The molecular weight excluding hydrogens is 326 g/mol. The molecule has 0 aliphatic heterocycles. The Kier molecular flexibility index (Phi) is 8.22. The van der Waals surface area contributed by atoms with Crippen molar-refractivity contribution >= 4 is 0 Å². The van der Waals surface area contributed by atoms with Gasteiger partial charge >= 0.3 is 0 Å². The molecule has 0 spiro atoms. The molecule has 2 aliphatic rings. The normalized spacial score (nSPS) is 30.2. The van der Waals surface area contributed by atoms with Gasteiger partial charge in [0.05, 0.1) is 0 Å². The van der Waals surface area contributed by atoms with Crippen molar-refractivity contribution in [3.63, 3.8) is 0 Å². The van der Waals surface area contributed by atoms with E-state index in [1.807, 2.05) is 0 Å². The minimum atomic E-state index is 0.631. The molecule has 2 saturated carbocycles. The second kappa shape index (κ2) is 10.6. The van der Waals surface area contributed by atoms with Crippen LogP contribution in [0.1, 0.15) is 115 Å². The number of pyridine rings is 1. The molecule has 1 heterocycles. The lowest BCUT2D eigenvalue weighted by Crippen LogP contribution is -2.27. The number of rotatable bonds is 8. The standard InChI is InChI=1S/C26H43N/c1-4-6-8-21-9-12-24(13-10-21)25-16-14-23(15-17-25)20(3)26-18-11-22(7-5-2)19-27-26/h11,18-21,23-25H,4-10,12-17H2,1-3H3/t20?,21-,23?,24-,25?. The minimum Gasteiger partial charge on any atom is -0.261 e. The van der Waals surface area contributed by atoms with Gasteiger partial charge in [-0.25, -0.2) is 0 Å². The van der Waals surface area contributed by atoms with Gasteiger partial charge in [0.2, 0.25) is 0 Å². The topological polar surface area (TPSA) is 12.9 Å². The van der Waals surface area contributed by atoms with Crippen molar-refractivity contribution in [2.75, 3.05) is 0 Å². The third-order valence-corrected chi connectivity index (χ3v) is 7.90. The molecule has 0 amide bonds. The van der Waals surface area contributed by atoms with Crippen LogP contribution in [0.2, 0.25) is 0 Å². The van der Waals surface area contributed by atoms with Gasteiger partial charge in [0.1, 0.15) is 0 Å². The maximum Gasteiger partial charge on any atom is 0.0434 e. The molecule has 1 nitrogen and oxygen atoms in total. The Morgan fingerprint density at radius 3 is 2.11 bits per heavy atom. The predicted octanol–water partition coefficient (Wildman–Crippen LogP) is 7.94. The van der Waals surface area contributed by atoms with Gasteiger partial charge in [-0.2, -0.15) is 0 Å². The fourth-order valence-electron chi connectivity index (χ4n) is 5.94. The van der Waals surface area contributed by atoms with Gasteiger partial charge in [0, 0.05) is 17.8 Å². The van der Waals surface area contributed by atoms with Crippen LogP contribution < -0.4 is 0 Å². The molecule has 0 saturated heterocycles. The van der Waals surface area contributed by atoms with E-state index in [9.17, 15) is 0 Å². The summed E-state index contributed by atoms with van der Waals surface area (Å²) in [5.41, 5.74) is 2.72. The van der Waals surface area contributed by atoms with Crippen LogP contribution in [0.5, 0.6) is 0 Å². The predicted molar refractivity (Wildman–Crippen MR) is 117 cm³/mol. The Labute approximate surface area is 168 Å². The zero-order valence-electron chi connectivity index (χ0n) is 18.3. The van der Waals surface area contributed by atoms with E-state index in [-0.39, 0.29) is 0 Å². The van der Waals surface area contributed by atoms with E-state index in [0.29, 0.717) is 5.92 Å². The third kappa shape index (κ3) is 5.81. The van der Waals surface area contributed by atoms with Gasteiger partial charge in [-0.3, -0.25) is 4.98 Å². The van der Waals surface area contributed by atoms with Gasteiger partial charge in [-0.1, -0.05) is 65.4 Å². The first-order valence-corrected chi connectivity index (χ1v) is 12.2. The van der Waals surface area contributed by atoms with Crippen LogP contribution in [0.25, 0.3) is 0 Å². The summed E-state index contributed by atoms with van der Waals surface area (Å²) in [5, 5.41) is 0. The highest BCUT2D eigenvalue weighted by Gasteiger charge is 2.32. The van der Waals surface area contributed by atoms with Crippen LogP contribution in [-0.4, -0.2) is 4.98 Å². The largest absolute Gasteiger partial charge is 0.261 e. The molecule has 1 atom stereocenters. The molecule has 152 valence electrons. The molecule has 27 heavy (non-hydrogen) atoms. The van der Waals surface area contributed by atoms with Crippen molar-refractivity contribution in [2.24, 2.45) is 23.7 Å². The minimum absolute atomic E-state index is 0.631. The molecule has 1 aromatic rings. The van der Waals surface area contributed by atoms with Gasteiger partial charge in [0.15, 0.2) is 0 Å². The zero-order chi connectivity index (χ0) is 19.1. The summed E-state index contributed by atoms with van der Waals surface area (Å²) >= 11 is 0. The van der Waals surface area contributed by atoms with Gasteiger partial charge in [-0.05, 0) is 80.2 Å². The fraction of sp³-hybridized carbons (Fsp3) is 0.808. The van der Waals surface area contributed by atoms with Crippen LogP contribution >= 0.6 is 0 Å². The summed E-state index contributed by atoms with van der Waals surface area (Å²) in [7, 11) is 0. The molecule has 1 heteroatoms. The van der Waals surface area contributed by atoms with Crippen molar-refractivity contribution in [3.8, 4) is 0 Å². The summed E-state index contributed by atoms with van der Waals surface area (Å²) in [5.74, 6) is 4.61. The van der Waals surface area contributed by atoms with Crippen LogP contribution in [0.4, 0.5) is 0 Å². The van der Waals surface area contributed by atoms with E-state index in [4.69, 9.17) is 4.98 Å². The smallest absolute Gasteiger partial charge is 0.0434 e. The van der Waals surface area contributed by atoms with Crippen molar-refractivity contribution in [2.45, 2.75) is 110 Å². The lowest BCUT2D eigenvalue weighted by Gasteiger charge is -2.39. The van der Waals surface area contributed by atoms with E-state index >= 15 is 0 Å². The van der Waals surface area contributed by atoms with Crippen molar-refractivity contribution in [1.82, 2.24) is 4.98 Å². The number of aromatic nitrogens is 1. The van der Waals surface area contributed by atoms with Crippen LogP contribution in [0.15, 0.2) is 18.3 Å². The maximum atomic E-state index is 4.81. The second-order valence-corrected chi connectivity index (χ2v) is 9.73.